The van der Waals surface area contributed by atoms with Gasteiger partial charge in [-0.2, -0.15) is 5.10 Å². The van der Waals surface area contributed by atoms with Crippen LogP contribution in [-0.2, 0) is 6.54 Å². The third-order valence-corrected chi connectivity index (χ3v) is 3.71. The van der Waals surface area contributed by atoms with Gasteiger partial charge in [0.1, 0.15) is 0 Å². The number of β-amino-alcohol motifs (C(OH)–C–C–N with tert-alkyl or cyclic N) is 1. The highest BCUT2D eigenvalue weighted by Gasteiger charge is 2.21. The lowest BCUT2D eigenvalue weighted by molar-refractivity contribution is 0.175. The Morgan fingerprint density at radius 2 is 2.37 bits per heavy atom. The second-order valence-corrected chi connectivity index (χ2v) is 5.39. The smallest absolute Gasteiger partial charge is 0.0695 e. The van der Waals surface area contributed by atoms with E-state index in [1.165, 1.54) is 0 Å². The van der Waals surface area contributed by atoms with Gasteiger partial charge in [0, 0.05) is 35.8 Å². The van der Waals surface area contributed by atoms with E-state index in [9.17, 15) is 5.11 Å². The molecular formula is C14H16ClN3O. The van der Waals surface area contributed by atoms with Crippen LogP contribution in [0, 0.1) is 0 Å². The van der Waals surface area contributed by atoms with Crippen molar-refractivity contribution in [3.8, 4) is 11.3 Å². The predicted molar refractivity (Wildman–Crippen MR) is 74.9 cm³/mol. The van der Waals surface area contributed by atoms with Crippen molar-refractivity contribution >= 4 is 11.6 Å². The number of H-pyrrole nitrogens is 1. The third kappa shape index (κ3) is 2.81. The lowest BCUT2D eigenvalue weighted by atomic mass is 10.1. The van der Waals surface area contributed by atoms with Crippen LogP contribution < -0.4 is 0 Å². The molecule has 1 aliphatic rings. The molecule has 5 heteroatoms. The van der Waals surface area contributed by atoms with E-state index in [2.05, 4.69) is 15.1 Å². The second kappa shape index (κ2) is 5.33. The summed E-state index contributed by atoms with van der Waals surface area (Å²) in [4.78, 5) is 2.24. The average Bonchev–Trinajstić information content (AvgIpc) is 2.99. The zero-order valence-corrected chi connectivity index (χ0v) is 11.3. The SMILES string of the molecule is O[C@@H]1CCN(Cc2cn[nH]c2-c2cccc(Cl)c2)C1. The maximum Gasteiger partial charge on any atom is 0.0695 e. The van der Waals surface area contributed by atoms with Crippen molar-refractivity contribution in [2.24, 2.45) is 0 Å². The molecule has 2 heterocycles. The van der Waals surface area contributed by atoms with Gasteiger partial charge in [-0.3, -0.25) is 10.00 Å². The number of benzene rings is 1. The van der Waals surface area contributed by atoms with Gasteiger partial charge in [0.15, 0.2) is 0 Å². The first-order valence-electron chi connectivity index (χ1n) is 6.41. The molecule has 0 aliphatic carbocycles. The summed E-state index contributed by atoms with van der Waals surface area (Å²) < 4.78 is 0. The first-order valence-corrected chi connectivity index (χ1v) is 6.79. The molecule has 1 fully saturated rings. The summed E-state index contributed by atoms with van der Waals surface area (Å²) in [7, 11) is 0. The number of aliphatic hydroxyl groups excluding tert-OH is 1. The summed E-state index contributed by atoms with van der Waals surface area (Å²) in [5.41, 5.74) is 3.18. The Labute approximate surface area is 117 Å². The van der Waals surface area contributed by atoms with E-state index in [0.717, 1.165) is 47.9 Å². The number of halogens is 1. The molecule has 3 rings (SSSR count). The van der Waals surface area contributed by atoms with Crippen LogP contribution in [0.3, 0.4) is 0 Å². The van der Waals surface area contributed by atoms with Crippen LogP contribution in [0.15, 0.2) is 30.5 Å². The summed E-state index contributed by atoms with van der Waals surface area (Å²) in [5, 5.41) is 17.5. The second-order valence-electron chi connectivity index (χ2n) is 4.96. The van der Waals surface area contributed by atoms with E-state index < -0.39 is 0 Å². The molecule has 4 nitrogen and oxygen atoms in total. The number of hydrogen-bond donors (Lipinski definition) is 2. The first kappa shape index (κ1) is 12.7. The molecule has 2 aromatic rings. The van der Waals surface area contributed by atoms with Crippen LogP contribution in [0.2, 0.25) is 5.02 Å². The molecule has 0 radical (unpaired) electrons. The Kier molecular flexibility index (Phi) is 3.55. The van der Waals surface area contributed by atoms with Crippen molar-refractivity contribution < 1.29 is 5.11 Å². The standard InChI is InChI=1S/C14H16ClN3O/c15-12-3-1-2-10(6-12)14-11(7-16-17-14)8-18-5-4-13(19)9-18/h1-3,6-7,13,19H,4-5,8-9H2,(H,16,17)/t13-/m1/s1. The summed E-state index contributed by atoms with van der Waals surface area (Å²) in [6.07, 6.45) is 2.51. The lowest BCUT2D eigenvalue weighted by Gasteiger charge is -2.14. The van der Waals surface area contributed by atoms with Gasteiger partial charge in [-0.25, -0.2) is 0 Å². The molecular weight excluding hydrogens is 262 g/mol. The zero-order valence-electron chi connectivity index (χ0n) is 10.5. The Bertz CT molecular complexity index is 569. The maximum atomic E-state index is 9.57. The fourth-order valence-corrected chi connectivity index (χ4v) is 2.71. The Hall–Kier alpha value is -1.36. The Balaban J connectivity index is 1.82. The summed E-state index contributed by atoms with van der Waals surface area (Å²) in [6, 6.07) is 7.74. The summed E-state index contributed by atoms with van der Waals surface area (Å²) in [6.45, 7) is 2.47. The van der Waals surface area contributed by atoms with Gasteiger partial charge in [0.25, 0.3) is 0 Å². The molecule has 2 N–H and O–H groups in total. The highest BCUT2D eigenvalue weighted by molar-refractivity contribution is 6.30. The molecule has 0 bridgehead atoms. The molecule has 0 saturated carbocycles. The highest BCUT2D eigenvalue weighted by atomic mass is 35.5. The Morgan fingerprint density at radius 1 is 1.47 bits per heavy atom. The van der Waals surface area contributed by atoms with E-state index in [-0.39, 0.29) is 6.10 Å². The minimum atomic E-state index is -0.193. The number of aliphatic hydroxyl groups is 1. The maximum absolute atomic E-state index is 9.57. The highest BCUT2D eigenvalue weighted by Crippen LogP contribution is 2.25. The summed E-state index contributed by atoms with van der Waals surface area (Å²) >= 11 is 6.03. The van der Waals surface area contributed by atoms with E-state index in [1.54, 1.807) is 0 Å². The molecule has 1 aromatic carbocycles. The molecule has 1 aliphatic heterocycles. The fraction of sp³-hybridized carbons (Fsp3) is 0.357. The average molecular weight is 278 g/mol. The van der Waals surface area contributed by atoms with Crippen molar-refractivity contribution in [3.05, 3.63) is 41.0 Å². The van der Waals surface area contributed by atoms with Gasteiger partial charge in [-0.15, -0.1) is 0 Å². The number of likely N-dealkylation sites (tertiary alicyclic amines) is 1. The molecule has 0 spiro atoms. The molecule has 100 valence electrons. The normalized spacial score (nSPS) is 20.0. The van der Waals surface area contributed by atoms with Crippen LogP contribution in [0.25, 0.3) is 11.3 Å². The van der Waals surface area contributed by atoms with Gasteiger partial charge >= 0.3 is 0 Å². The molecule has 0 unspecified atom stereocenters. The summed E-state index contributed by atoms with van der Waals surface area (Å²) in [5.74, 6) is 0. The number of aromatic nitrogens is 2. The minimum absolute atomic E-state index is 0.193. The van der Waals surface area contributed by atoms with Crippen LogP contribution >= 0.6 is 11.6 Å². The van der Waals surface area contributed by atoms with Crippen molar-refractivity contribution in [3.63, 3.8) is 0 Å². The number of rotatable bonds is 3. The van der Waals surface area contributed by atoms with Gasteiger partial charge < -0.3 is 5.11 Å². The van der Waals surface area contributed by atoms with Gasteiger partial charge in [0.2, 0.25) is 0 Å². The van der Waals surface area contributed by atoms with E-state index in [1.807, 2.05) is 30.5 Å². The predicted octanol–water partition coefficient (Wildman–Crippen LogP) is 2.30. The molecule has 1 saturated heterocycles. The Morgan fingerprint density at radius 3 is 3.11 bits per heavy atom. The van der Waals surface area contributed by atoms with Gasteiger partial charge in [-0.05, 0) is 18.6 Å². The van der Waals surface area contributed by atoms with E-state index >= 15 is 0 Å². The number of hydrogen-bond acceptors (Lipinski definition) is 3. The van der Waals surface area contributed by atoms with E-state index in [4.69, 9.17) is 11.6 Å². The van der Waals surface area contributed by atoms with Crippen LogP contribution in [0.1, 0.15) is 12.0 Å². The van der Waals surface area contributed by atoms with Crippen molar-refractivity contribution in [1.29, 1.82) is 0 Å². The van der Waals surface area contributed by atoms with Crippen molar-refractivity contribution in [2.75, 3.05) is 13.1 Å². The largest absolute Gasteiger partial charge is 0.392 e. The van der Waals surface area contributed by atoms with Crippen LogP contribution in [0.4, 0.5) is 0 Å². The quantitative estimate of drug-likeness (QED) is 0.905. The zero-order chi connectivity index (χ0) is 13.2. The number of nitrogens with zero attached hydrogens (tertiary/aromatic N) is 2. The monoisotopic (exact) mass is 277 g/mol. The topological polar surface area (TPSA) is 52.1 Å². The van der Waals surface area contributed by atoms with E-state index in [0.29, 0.717) is 0 Å². The minimum Gasteiger partial charge on any atom is -0.392 e. The fourth-order valence-electron chi connectivity index (χ4n) is 2.52. The molecule has 1 atom stereocenters. The number of aromatic amines is 1. The lowest BCUT2D eigenvalue weighted by Crippen LogP contribution is -2.21. The molecule has 0 amide bonds. The van der Waals surface area contributed by atoms with Crippen molar-refractivity contribution in [1.82, 2.24) is 15.1 Å². The molecule has 1 aromatic heterocycles. The molecule has 19 heavy (non-hydrogen) atoms. The van der Waals surface area contributed by atoms with Crippen LogP contribution in [0.5, 0.6) is 0 Å². The van der Waals surface area contributed by atoms with Crippen LogP contribution in [-0.4, -0.2) is 39.4 Å². The van der Waals surface area contributed by atoms with Gasteiger partial charge in [-0.1, -0.05) is 23.7 Å². The third-order valence-electron chi connectivity index (χ3n) is 3.47. The first-order chi connectivity index (χ1) is 9.22. The van der Waals surface area contributed by atoms with Gasteiger partial charge in [0.05, 0.1) is 18.0 Å². The van der Waals surface area contributed by atoms with Crippen molar-refractivity contribution in [2.45, 2.75) is 19.1 Å². The number of nitrogens with one attached hydrogen (secondary N) is 1.